The summed E-state index contributed by atoms with van der Waals surface area (Å²) >= 11 is 1.78. The third kappa shape index (κ3) is 2.69. The molecule has 3 aromatic heterocycles. The minimum atomic E-state index is -0.119. The number of thiophene rings is 1. The molecule has 0 saturated heterocycles. The number of carbonyl (C=O) groups excluding carboxylic acids is 1. The summed E-state index contributed by atoms with van der Waals surface area (Å²) in [6, 6.07) is 0. The van der Waals surface area contributed by atoms with Crippen LogP contribution in [0.25, 0.3) is 15.9 Å². The van der Waals surface area contributed by atoms with Crippen molar-refractivity contribution in [1.82, 2.24) is 24.5 Å². The number of unbranched alkanes of at least 4 members (excludes halogenated alkanes) is 1. The highest BCUT2D eigenvalue weighted by molar-refractivity contribution is 7.19. The summed E-state index contributed by atoms with van der Waals surface area (Å²) in [5.74, 6) is 1.43. The van der Waals surface area contributed by atoms with Crippen molar-refractivity contribution in [3.8, 4) is 0 Å². The van der Waals surface area contributed by atoms with Crippen molar-refractivity contribution in [3.63, 3.8) is 0 Å². The minimum Gasteiger partial charge on any atom is -0.339 e. The standard InChI is InChI=1S/C19H25N5OS/c1-5-6-10-23(4)19(25)16-21-17-15-14-11(2)8-7-9-13(14)26-18(15)20-12(3)24(17)22-16/h11H,5-10H2,1-4H3. The van der Waals surface area contributed by atoms with E-state index < -0.39 is 0 Å². The molecule has 0 radical (unpaired) electrons. The van der Waals surface area contributed by atoms with Crippen LogP contribution >= 0.6 is 11.3 Å². The van der Waals surface area contributed by atoms with E-state index in [1.807, 2.05) is 14.0 Å². The van der Waals surface area contributed by atoms with Gasteiger partial charge in [0.15, 0.2) is 5.65 Å². The Kier molecular flexibility index (Phi) is 4.42. The zero-order chi connectivity index (χ0) is 18.4. The number of aryl methyl sites for hydroxylation is 2. The first-order valence-corrected chi connectivity index (χ1v) is 10.3. The fourth-order valence-electron chi connectivity index (χ4n) is 3.84. The van der Waals surface area contributed by atoms with Crippen molar-refractivity contribution in [2.75, 3.05) is 13.6 Å². The lowest BCUT2D eigenvalue weighted by Gasteiger charge is -2.18. The quantitative estimate of drug-likeness (QED) is 0.696. The minimum absolute atomic E-state index is 0.119. The molecular weight excluding hydrogens is 346 g/mol. The highest BCUT2D eigenvalue weighted by Gasteiger charge is 2.27. The van der Waals surface area contributed by atoms with Crippen LogP contribution in [0.1, 0.15) is 72.3 Å². The molecule has 1 atom stereocenters. The molecule has 3 heterocycles. The molecule has 0 saturated carbocycles. The molecule has 138 valence electrons. The van der Waals surface area contributed by atoms with E-state index in [0.717, 1.165) is 47.5 Å². The molecule has 4 rings (SSSR count). The molecule has 0 aromatic carbocycles. The maximum absolute atomic E-state index is 12.7. The first kappa shape index (κ1) is 17.4. The summed E-state index contributed by atoms with van der Waals surface area (Å²) in [4.78, 5) is 26.3. The van der Waals surface area contributed by atoms with Crippen LogP contribution in [0, 0.1) is 6.92 Å². The van der Waals surface area contributed by atoms with Crippen molar-refractivity contribution in [3.05, 3.63) is 22.1 Å². The Morgan fingerprint density at radius 1 is 1.38 bits per heavy atom. The first-order valence-electron chi connectivity index (χ1n) is 9.45. The SMILES string of the molecule is CCCCN(C)C(=O)c1nc2c3c4c(sc3nc(C)n2n1)CCCC4C. The van der Waals surface area contributed by atoms with Crippen LogP contribution < -0.4 is 0 Å². The van der Waals surface area contributed by atoms with Crippen LogP contribution in [0.2, 0.25) is 0 Å². The number of nitrogens with zero attached hydrogens (tertiary/aromatic N) is 5. The number of hydrogen-bond donors (Lipinski definition) is 0. The van der Waals surface area contributed by atoms with E-state index in [2.05, 4.69) is 23.9 Å². The predicted octanol–water partition coefficient (Wildman–Crippen LogP) is 3.96. The second-order valence-electron chi connectivity index (χ2n) is 7.32. The molecule has 1 aliphatic rings. The topological polar surface area (TPSA) is 63.4 Å². The van der Waals surface area contributed by atoms with E-state index in [4.69, 9.17) is 4.98 Å². The van der Waals surface area contributed by atoms with E-state index in [1.165, 1.54) is 23.3 Å². The van der Waals surface area contributed by atoms with Crippen LogP contribution in [-0.4, -0.2) is 44.0 Å². The van der Waals surface area contributed by atoms with Gasteiger partial charge in [0.1, 0.15) is 10.7 Å². The van der Waals surface area contributed by atoms with Crippen LogP contribution in [0.5, 0.6) is 0 Å². The Balaban J connectivity index is 1.87. The highest BCUT2D eigenvalue weighted by atomic mass is 32.1. The third-order valence-corrected chi connectivity index (χ3v) is 6.48. The smallest absolute Gasteiger partial charge is 0.293 e. The van der Waals surface area contributed by atoms with Crippen molar-refractivity contribution in [2.45, 2.75) is 58.8 Å². The first-order chi connectivity index (χ1) is 12.5. The normalized spacial score (nSPS) is 17.0. The monoisotopic (exact) mass is 371 g/mol. The summed E-state index contributed by atoms with van der Waals surface area (Å²) in [5, 5.41) is 5.60. The van der Waals surface area contributed by atoms with Crippen LogP contribution in [-0.2, 0) is 6.42 Å². The van der Waals surface area contributed by atoms with Gasteiger partial charge in [0, 0.05) is 18.5 Å². The van der Waals surface area contributed by atoms with Gasteiger partial charge < -0.3 is 4.90 Å². The summed E-state index contributed by atoms with van der Waals surface area (Å²) < 4.78 is 1.75. The van der Waals surface area contributed by atoms with Gasteiger partial charge in [0.2, 0.25) is 5.82 Å². The van der Waals surface area contributed by atoms with E-state index in [-0.39, 0.29) is 11.7 Å². The molecule has 1 amide bonds. The van der Waals surface area contributed by atoms with Gasteiger partial charge in [0.05, 0.1) is 5.39 Å². The maximum atomic E-state index is 12.7. The van der Waals surface area contributed by atoms with Gasteiger partial charge >= 0.3 is 0 Å². The number of rotatable bonds is 4. The largest absolute Gasteiger partial charge is 0.339 e. The second kappa shape index (κ2) is 6.61. The Bertz CT molecular complexity index is 989. The Labute approximate surface area is 157 Å². The highest BCUT2D eigenvalue weighted by Crippen LogP contribution is 2.42. The van der Waals surface area contributed by atoms with E-state index in [1.54, 1.807) is 20.8 Å². The lowest BCUT2D eigenvalue weighted by Crippen LogP contribution is -2.28. The number of amides is 1. The maximum Gasteiger partial charge on any atom is 0.293 e. The molecule has 0 aliphatic heterocycles. The predicted molar refractivity (Wildman–Crippen MR) is 104 cm³/mol. The third-order valence-electron chi connectivity index (χ3n) is 5.32. The number of hydrogen-bond acceptors (Lipinski definition) is 5. The van der Waals surface area contributed by atoms with E-state index in [0.29, 0.717) is 5.92 Å². The molecule has 6 nitrogen and oxygen atoms in total. The second-order valence-corrected chi connectivity index (χ2v) is 8.41. The molecule has 0 fully saturated rings. The van der Waals surface area contributed by atoms with Gasteiger partial charge in [-0.05, 0) is 44.1 Å². The molecule has 1 unspecified atom stereocenters. The fraction of sp³-hybridized carbons (Fsp3) is 0.579. The van der Waals surface area contributed by atoms with Crippen LogP contribution in [0.3, 0.4) is 0 Å². The Morgan fingerprint density at radius 3 is 2.96 bits per heavy atom. The molecule has 0 bridgehead atoms. The van der Waals surface area contributed by atoms with Crippen molar-refractivity contribution < 1.29 is 4.79 Å². The van der Waals surface area contributed by atoms with Crippen LogP contribution in [0.15, 0.2) is 0 Å². The Hall–Kier alpha value is -2.02. The zero-order valence-corrected chi connectivity index (χ0v) is 16.7. The lowest BCUT2D eigenvalue weighted by molar-refractivity contribution is 0.0781. The van der Waals surface area contributed by atoms with Gasteiger partial charge in [-0.15, -0.1) is 16.4 Å². The summed E-state index contributed by atoms with van der Waals surface area (Å²) in [6.07, 6.45) is 5.58. The van der Waals surface area contributed by atoms with Gasteiger partial charge in [-0.1, -0.05) is 20.3 Å². The lowest BCUT2D eigenvalue weighted by atomic mass is 9.87. The fourth-order valence-corrected chi connectivity index (χ4v) is 5.22. The molecule has 7 heteroatoms. The molecule has 26 heavy (non-hydrogen) atoms. The zero-order valence-electron chi connectivity index (χ0n) is 15.9. The van der Waals surface area contributed by atoms with E-state index in [9.17, 15) is 4.79 Å². The molecular formula is C19H25N5OS. The average molecular weight is 372 g/mol. The number of aromatic nitrogens is 4. The molecule has 0 spiro atoms. The van der Waals surface area contributed by atoms with E-state index >= 15 is 0 Å². The van der Waals surface area contributed by atoms with Gasteiger partial charge in [-0.3, -0.25) is 4.79 Å². The average Bonchev–Trinajstić information content (AvgIpc) is 3.21. The number of carbonyl (C=O) groups is 1. The molecule has 0 N–H and O–H groups in total. The Morgan fingerprint density at radius 2 is 2.19 bits per heavy atom. The van der Waals surface area contributed by atoms with Crippen LogP contribution in [0.4, 0.5) is 0 Å². The van der Waals surface area contributed by atoms with Crippen molar-refractivity contribution in [1.29, 1.82) is 0 Å². The van der Waals surface area contributed by atoms with Gasteiger partial charge in [-0.25, -0.2) is 9.97 Å². The molecule has 3 aromatic rings. The van der Waals surface area contributed by atoms with Gasteiger partial charge in [-0.2, -0.15) is 4.52 Å². The van der Waals surface area contributed by atoms with Crippen molar-refractivity contribution >= 4 is 33.1 Å². The summed E-state index contributed by atoms with van der Waals surface area (Å²) in [5.41, 5.74) is 2.16. The summed E-state index contributed by atoms with van der Waals surface area (Å²) in [7, 11) is 1.82. The van der Waals surface area contributed by atoms with Gasteiger partial charge in [0.25, 0.3) is 5.91 Å². The van der Waals surface area contributed by atoms with Crippen molar-refractivity contribution in [2.24, 2.45) is 0 Å². The number of fused-ring (bicyclic) bond motifs is 5. The summed E-state index contributed by atoms with van der Waals surface area (Å²) in [6.45, 7) is 7.05. The molecule has 1 aliphatic carbocycles.